The number of carboxylic acid groups (broad SMARTS) is 1. The summed E-state index contributed by atoms with van der Waals surface area (Å²) in [6.07, 6.45) is 6.06. The maximum atomic E-state index is 10.8. The van der Waals surface area contributed by atoms with Crippen LogP contribution in [0, 0.1) is 0 Å². The largest absolute Gasteiger partial charge is 0.476 e. The summed E-state index contributed by atoms with van der Waals surface area (Å²) in [6, 6.07) is 3.47. The predicted octanol–water partition coefficient (Wildman–Crippen LogP) is 1.40. The van der Waals surface area contributed by atoms with E-state index < -0.39 is 5.97 Å². The standard InChI is InChI=1S/C11H14N2O2/c1-12-7-3-2-5-9-6-4-8-13-10(9)11(14)15/h2,4-6,8,12H,3,7H2,1H3,(H,14,15). The summed E-state index contributed by atoms with van der Waals surface area (Å²) in [4.78, 5) is 14.6. The van der Waals surface area contributed by atoms with Gasteiger partial charge >= 0.3 is 5.97 Å². The second-order valence-corrected chi connectivity index (χ2v) is 3.04. The molecule has 0 saturated carbocycles. The van der Waals surface area contributed by atoms with Crippen molar-refractivity contribution in [2.45, 2.75) is 6.42 Å². The van der Waals surface area contributed by atoms with Crippen LogP contribution in [0.4, 0.5) is 0 Å². The third-order valence-corrected chi connectivity index (χ3v) is 1.90. The van der Waals surface area contributed by atoms with Crippen LogP contribution in [-0.2, 0) is 0 Å². The molecule has 1 aromatic rings. The maximum absolute atomic E-state index is 10.8. The molecule has 0 atom stereocenters. The van der Waals surface area contributed by atoms with Gasteiger partial charge in [0.25, 0.3) is 0 Å². The molecule has 15 heavy (non-hydrogen) atoms. The van der Waals surface area contributed by atoms with Crippen molar-refractivity contribution in [3.05, 3.63) is 35.7 Å². The summed E-state index contributed by atoms with van der Waals surface area (Å²) in [5.41, 5.74) is 0.735. The van der Waals surface area contributed by atoms with Gasteiger partial charge in [0.15, 0.2) is 5.69 Å². The Morgan fingerprint density at radius 2 is 2.47 bits per heavy atom. The van der Waals surface area contributed by atoms with Crippen LogP contribution in [0.25, 0.3) is 6.08 Å². The molecule has 1 aromatic heterocycles. The second kappa shape index (κ2) is 5.93. The van der Waals surface area contributed by atoms with Gasteiger partial charge in [-0.3, -0.25) is 0 Å². The van der Waals surface area contributed by atoms with Gasteiger partial charge in [0.2, 0.25) is 0 Å². The van der Waals surface area contributed by atoms with Crippen LogP contribution in [0.2, 0.25) is 0 Å². The Morgan fingerprint density at radius 3 is 3.13 bits per heavy atom. The van der Waals surface area contributed by atoms with Crippen LogP contribution < -0.4 is 5.32 Å². The van der Waals surface area contributed by atoms with Gasteiger partial charge in [0.05, 0.1) is 0 Å². The predicted molar refractivity (Wildman–Crippen MR) is 58.8 cm³/mol. The van der Waals surface area contributed by atoms with E-state index in [0.717, 1.165) is 13.0 Å². The molecular formula is C11H14N2O2. The normalized spacial score (nSPS) is 10.7. The fourth-order valence-corrected chi connectivity index (χ4v) is 1.17. The smallest absolute Gasteiger partial charge is 0.355 e. The summed E-state index contributed by atoms with van der Waals surface area (Å²) < 4.78 is 0. The molecule has 0 aliphatic heterocycles. The first-order chi connectivity index (χ1) is 7.25. The fourth-order valence-electron chi connectivity index (χ4n) is 1.17. The quantitative estimate of drug-likeness (QED) is 0.715. The van der Waals surface area contributed by atoms with Crippen LogP contribution in [-0.4, -0.2) is 29.7 Å². The molecule has 0 saturated heterocycles. The number of hydrogen-bond acceptors (Lipinski definition) is 3. The van der Waals surface area contributed by atoms with Gasteiger partial charge in [-0.2, -0.15) is 0 Å². The SMILES string of the molecule is CNCCC=Cc1cccnc1C(=O)O. The highest BCUT2D eigenvalue weighted by Gasteiger charge is 2.07. The Bertz CT molecular complexity index is 361. The highest BCUT2D eigenvalue weighted by Crippen LogP contribution is 2.07. The molecule has 4 heteroatoms. The second-order valence-electron chi connectivity index (χ2n) is 3.04. The van der Waals surface area contributed by atoms with E-state index in [1.165, 1.54) is 6.20 Å². The monoisotopic (exact) mass is 206 g/mol. The van der Waals surface area contributed by atoms with Crippen LogP contribution in [0.1, 0.15) is 22.5 Å². The van der Waals surface area contributed by atoms with E-state index in [2.05, 4.69) is 10.3 Å². The Kier molecular flexibility index (Phi) is 4.50. The van der Waals surface area contributed by atoms with E-state index in [1.807, 2.05) is 13.1 Å². The number of pyridine rings is 1. The van der Waals surface area contributed by atoms with Gasteiger partial charge in [-0.15, -0.1) is 0 Å². The summed E-state index contributed by atoms with van der Waals surface area (Å²) in [6.45, 7) is 0.874. The molecule has 80 valence electrons. The molecule has 0 aromatic carbocycles. The Morgan fingerprint density at radius 1 is 1.67 bits per heavy atom. The number of hydrogen-bond donors (Lipinski definition) is 2. The Labute approximate surface area is 88.7 Å². The lowest BCUT2D eigenvalue weighted by Gasteiger charge is -1.98. The molecule has 0 aliphatic rings. The molecule has 1 rings (SSSR count). The number of carbonyl (C=O) groups is 1. The zero-order valence-corrected chi connectivity index (χ0v) is 8.60. The van der Waals surface area contributed by atoms with E-state index in [-0.39, 0.29) is 5.69 Å². The molecule has 1 heterocycles. The first kappa shape index (κ1) is 11.4. The molecular weight excluding hydrogens is 192 g/mol. The van der Waals surface area contributed by atoms with Crippen molar-refractivity contribution in [3.8, 4) is 0 Å². The number of nitrogens with zero attached hydrogens (tertiary/aromatic N) is 1. The maximum Gasteiger partial charge on any atom is 0.355 e. The van der Waals surface area contributed by atoms with Crippen LogP contribution >= 0.6 is 0 Å². The van der Waals surface area contributed by atoms with Crippen molar-refractivity contribution in [1.29, 1.82) is 0 Å². The highest BCUT2D eigenvalue weighted by molar-refractivity contribution is 5.89. The highest BCUT2D eigenvalue weighted by atomic mass is 16.4. The molecule has 0 aliphatic carbocycles. The van der Waals surface area contributed by atoms with E-state index in [1.54, 1.807) is 18.2 Å². The molecule has 0 unspecified atom stereocenters. The third-order valence-electron chi connectivity index (χ3n) is 1.90. The molecule has 4 nitrogen and oxygen atoms in total. The average molecular weight is 206 g/mol. The number of rotatable bonds is 5. The van der Waals surface area contributed by atoms with E-state index in [4.69, 9.17) is 5.11 Å². The lowest BCUT2D eigenvalue weighted by Crippen LogP contribution is -2.06. The van der Waals surface area contributed by atoms with Crippen molar-refractivity contribution in [2.24, 2.45) is 0 Å². The number of aromatic carboxylic acids is 1. The Balaban J connectivity index is 2.75. The van der Waals surface area contributed by atoms with Crippen molar-refractivity contribution in [3.63, 3.8) is 0 Å². The van der Waals surface area contributed by atoms with Gasteiger partial charge in [0.1, 0.15) is 0 Å². The summed E-state index contributed by atoms with van der Waals surface area (Å²) >= 11 is 0. The molecule has 0 radical (unpaired) electrons. The number of nitrogens with one attached hydrogen (secondary N) is 1. The lowest BCUT2D eigenvalue weighted by atomic mass is 10.1. The van der Waals surface area contributed by atoms with Crippen LogP contribution in [0.5, 0.6) is 0 Å². The Hall–Kier alpha value is -1.68. The van der Waals surface area contributed by atoms with E-state index in [0.29, 0.717) is 5.56 Å². The molecule has 0 amide bonds. The van der Waals surface area contributed by atoms with Gasteiger partial charge in [0, 0.05) is 11.8 Å². The molecule has 0 spiro atoms. The third kappa shape index (κ3) is 3.52. The van der Waals surface area contributed by atoms with Crippen molar-refractivity contribution < 1.29 is 9.90 Å². The lowest BCUT2D eigenvalue weighted by molar-refractivity contribution is 0.0690. The van der Waals surface area contributed by atoms with Crippen molar-refractivity contribution >= 4 is 12.0 Å². The summed E-state index contributed by atoms with van der Waals surface area (Å²) in [5.74, 6) is -0.996. The number of aromatic nitrogens is 1. The topological polar surface area (TPSA) is 62.2 Å². The minimum Gasteiger partial charge on any atom is -0.476 e. The average Bonchev–Trinajstić information content (AvgIpc) is 2.25. The summed E-state index contributed by atoms with van der Waals surface area (Å²) in [5, 5.41) is 11.9. The molecule has 2 N–H and O–H groups in total. The van der Waals surface area contributed by atoms with Crippen LogP contribution in [0.15, 0.2) is 24.4 Å². The van der Waals surface area contributed by atoms with Crippen molar-refractivity contribution in [2.75, 3.05) is 13.6 Å². The summed E-state index contributed by atoms with van der Waals surface area (Å²) in [7, 11) is 1.88. The zero-order valence-electron chi connectivity index (χ0n) is 8.60. The van der Waals surface area contributed by atoms with Gasteiger partial charge in [-0.25, -0.2) is 9.78 Å². The minimum atomic E-state index is -0.996. The van der Waals surface area contributed by atoms with Crippen LogP contribution in [0.3, 0.4) is 0 Å². The minimum absolute atomic E-state index is 0.0956. The van der Waals surface area contributed by atoms with Gasteiger partial charge in [-0.1, -0.05) is 18.2 Å². The first-order valence-electron chi connectivity index (χ1n) is 4.75. The van der Waals surface area contributed by atoms with E-state index in [9.17, 15) is 4.79 Å². The number of carboxylic acids is 1. The van der Waals surface area contributed by atoms with Gasteiger partial charge in [-0.05, 0) is 26.1 Å². The molecule has 0 fully saturated rings. The molecule has 0 bridgehead atoms. The van der Waals surface area contributed by atoms with Gasteiger partial charge < -0.3 is 10.4 Å². The van der Waals surface area contributed by atoms with E-state index >= 15 is 0 Å². The zero-order chi connectivity index (χ0) is 11.1. The first-order valence-corrected chi connectivity index (χ1v) is 4.75. The van der Waals surface area contributed by atoms with Crippen molar-refractivity contribution in [1.82, 2.24) is 10.3 Å². The fraction of sp³-hybridized carbons (Fsp3) is 0.273.